The largest absolute Gasteiger partial charge is 0.342 e. The molecule has 0 N–H and O–H groups in total. The van der Waals surface area contributed by atoms with E-state index in [0.29, 0.717) is 23.5 Å². The van der Waals surface area contributed by atoms with Crippen LogP contribution >= 0.6 is 23.1 Å². The normalized spacial score (nSPS) is 20.4. The van der Waals surface area contributed by atoms with Crippen LogP contribution in [0.25, 0.3) is 10.2 Å². The van der Waals surface area contributed by atoms with Gasteiger partial charge in [0.1, 0.15) is 4.83 Å². The Hall–Kier alpha value is -1.34. The number of aromatic nitrogens is 2. The van der Waals surface area contributed by atoms with Gasteiger partial charge in [0, 0.05) is 24.5 Å². The maximum atomic E-state index is 13.5. The van der Waals surface area contributed by atoms with Crippen molar-refractivity contribution in [1.29, 1.82) is 0 Å². The summed E-state index contributed by atoms with van der Waals surface area (Å²) in [6.07, 6.45) is 5.34. The third kappa shape index (κ3) is 4.13. The highest BCUT2D eigenvalue weighted by Gasteiger charge is 2.28. The van der Waals surface area contributed by atoms with Crippen molar-refractivity contribution in [2.45, 2.75) is 76.8 Å². The first-order valence-corrected chi connectivity index (χ1v) is 12.5. The zero-order valence-corrected chi connectivity index (χ0v) is 19.5. The number of hydrogen-bond donors (Lipinski definition) is 0. The molecular weight excluding hydrogens is 402 g/mol. The molecule has 1 aliphatic heterocycles. The third-order valence-corrected chi connectivity index (χ3v) is 8.20. The van der Waals surface area contributed by atoms with Crippen LogP contribution in [0.15, 0.2) is 9.95 Å². The van der Waals surface area contributed by atoms with Gasteiger partial charge in [0.25, 0.3) is 5.56 Å². The third-order valence-electron chi connectivity index (χ3n) is 5.98. The van der Waals surface area contributed by atoms with E-state index in [-0.39, 0.29) is 16.7 Å². The smallest absolute Gasteiger partial charge is 0.263 e. The highest BCUT2D eigenvalue weighted by Crippen LogP contribution is 2.37. The van der Waals surface area contributed by atoms with Crippen molar-refractivity contribution < 1.29 is 4.79 Å². The van der Waals surface area contributed by atoms with Gasteiger partial charge < -0.3 is 4.90 Å². The van der Waals surface area contributed by atoms with Crippen molar-refractivity contribution >= 4 is 39.2 Å². The van der Waals surface area contributed by atoms with Crippen LogP contribution in [-0.2, 0) is 24.2 Å². The van der Waals surface area contributed by atoms with E-state index in [2.05, 4.69) is 20.8 Å². The van der Waals surface area contributed by atoms with E-state index in [9.17, 15) is 9.59 Å². The molecule has 0 aromatic carbocycles. The molecule has 1 amide bonds. The molecule has 0 spiro atoms. The lowest BCUT2D eigenvalue weighted by molar-refractivity contribution is -0.129. The Labute approximate surface area is 180 Å². The number of fused-ring (bicyclic) bond motifs is 3. The van der Waals surface area contributed by atoms with Gasteiger partial charge >= 0.3 is 0 Å². The maximum absolute atomic E-state index is 13.5. The minimum atomic E-state index is -0.231. The first-order valence-electron chi connectivity index (χ1n) is 10.9. The van der Waals surface area contributed by atoms with Gasteiger partial charge in [0.15, 0.2) is 5.16 Å². The van der Waals surface area contributed by atoms with Gasteiger partial charge in [-0.05, 0) is 56.4 Å². The predicted molar refractivity (Wildman–Crippen MR) is 121 cm³/mol. The van der Waals surface area contributed by atoms with Gasteiger partial charge in [-0.25, -0.2) is 4.98 Å². The lowest BCUT2D eigenvalue weighted by Crippen LogP contribution is -2.35. The van der Waals surface area contributed by atoms with Gasteiger partial charge in [0.05, 0.1) is 10.6 Å². The number of rotatable bonds is 5. The number of thioether (sulfide) groups is 1. The molecule has 2 aromatic heterocycles. The molecule has 2 aromatic rings. The summed E-state index contributed by atoms with van der Waals surface area (Å²) >= 11 is 3.14. The Morgan fingerprint density at radius 3 is 2.69 bits per heavy atom. The fourth-order valence-corrected chi connectivity index (χ4v) is 6.85. The number of nitrogens with zero attached hydrogens (tertiary/aromatic N) is 3. The zero-order valence-electron chi connectivity index (χ0n) is 17.9. The Morgan fingerprint density at radius 2 is 2.00 bits per heavy atom. The average Bonchev–Trinajstić information content (AvgIpc) is 3.31. The SMILES string of the molecule is CC(C)Cn1c(S[C@H](C)C(=O)N2CCCC2)nc2sc3c(c2c1=O)CC[C@H](C)C3. The first-order chi connectivity index (χ1) is 13.8. The van der Waals surface area contributed by atoms with Crippen molar-refractivity contribution in [3.8, 4) is 0 Å². The highest BCUT2D eigenvalue weighted by molar-refractivity contribution is 8.00. The van der Waals surface area contributed by atoms with Crippen LogP contribution in [0.2, 0.25) is 0 Å². The van der Waals surface area contributed by atoms with Gasteiger partial charge in [-0.2, -0.15) is 0 Å². The van der Waals surface area contributed by atoms with Crippen LogP contribution in [-0.4, -0.2) is 38.7 Å². The second-order valence-electron chi connectivity index (χ2n) is 9.03. The molecule has 1 saturated heterocycles. The summed E-state index contributed by atoms with van der Waals surface area (Å²) in [5, 5.41) is 1.30. The fraction of sp³-hybridized carbons (Fsp3) is 0.682. The van der Waals surface area contributed by atoms with E-state index >= 15 is 0 Å². The van der Waals surface area contributed by atoms with Crippen LogP contribution < -0.4 is 5.56 Å². The molecule has 0 unspecified atom stereocenters. The van der Waals surface area contributed by atoms with E-state index in [1.165, 1.54) is 22.2 Å². The standard InChI is InChI=1S/C22H31N3O2S2/c1-13(2)12-25-21(27)18-16-8-7-14(3)11-17(16)29-19(18)23-22(25)28-15(4)20(26)24-9-5-6-10-24/h13-15H,5-12H2,1-4H3/t14-,15+/m0/s1. The fourth-order valence-electron chi connectivity index (χ4n) is 4.42. The number of thiophene rings is 1. The molecular formula is C22H31N3O2S2. The molecule has 0 radical (unpaired) electrons. The number of carbonyl (C=O) groups excluding carboxylic acids is 1. The molecule has 1 fully saturated rings. The second-order valence-corrected chi connectivity index (χ2v) is 11.4. The monoisotopic (exact) mass is 433 g/mol. The van der Waals surface area contributed by atoms with Crippen LogP contribution in [0.3, 0.4) is 0 Å². The highest BCUT2D eigenvalue weighted by atomic mass is 32.2. The molecule has 2 aliphatic rings. The molecule has 4 rings (SSSR count). The van der Waals surface area contributed by atoms with Crippen molar-refractivity contribution in [3.63, 3.8) is 0 Å². The van der Waals surface area contributed by atoms with E-state index < -0.39 is 0 Å². The van der Waals surface area contributed by atoms with Gasteiger partial charge in [0.2, 0.25) is 5.91 Å². The predicted octanol–water partition coefficient (Wildman–Crippen LogP) is 4.34. The number of aryl methyl sites for hydroxylation is 1. The summed E-state index contributed by atoms with van der Waals surface area (Å²) in [7, 11) is 0. The van der Waals surface area contributed by atoms with E-state index in [4.69, 9.17) is 4.98 Å². The molecule has 1 aliphatic carbocycles. The summed E-state index contributed by atoms with van der Waals surface area (Å²) < 4.78 is 1.83. The van der Waals surface area contributed by atoms with Crippen LogP contribution in [0.4, 0.5) is 0 Å². The molecule has 3 heterocycles. The Morgan fingerprint density at radius 1 is 1.28 bits per heavy atom. The van der Waals surface area contributed by atoms with Crippen molar-refractivity contribution in [2.75, 3.05) is 13.1 Å². The van der Waals surface area contributed by atoms with Crippen LogP contribution in [0.1, 0.15) is 57.4 Å². The zero-order chi connectivity index (χ0) is 20.7. The lowest BCUT2D eigenvalue weighted by atomic mass is 9.89. The van der Waals surface area contributed by atoms with Gasteiger partial charge in [-0.1, -0.05) is 32.5 Å². The van der Waals surface area contributed by atoms with Gasteiger partial charge in [-0.3, -0.25) is 14.2 Å². The van der Waals surface area contributed by atoms with Crippen molar-refractivity contribution in [3.05, 3.63) is 20.8 Å². The van der Waals surface area contributed by atoms with Gasteiger partial charge in [-0.15, -0.1) is 11.3 Å². The molecule has 5 nitrogen and oxygen atoms in total. The Kier molecular flexibility index (Phi) is 6.07. The molecule has 29 heavy (non-hydrogen) atoms. The molecule has 158 valence electrons. The van der Waals surface area contributed by atoms with E-state index in [0.717, 1.165) is 55.4 Å². The minimum Gasteiger partial charge on any atom is -0.342 e. The number of amides is 1. The molecule has 2 atom stereocenters. The summed E-state index contributed by atoms with van der Waals surface area (Å²) in [6, 6.07) is 0. The Balaban J connectivity index is 1.73. The van der Waals surface area contributed by atoms with E-state index in [1.54, 1.807) is 11.3 Å². The number of likely N-dealkylation sites (tertiary alicyclic amines) is 1. The second kappa shape index (κ2) is 8.42. The van der Waals surface area contributed by atoms with Crippen molar-refractivity contribution in [1.82, 2.24) is 14.5 Å². The number of hydrogen-bond acceptors (Lipinski definition) is 5. The molecule has 0 saturated carbocycles. The van der Waals surface area contributed by atoms with E-state index in [1.807, 2.05) is 16.4 Å². The lowest BCUT2D eigenvalue weighted by Gasteiger charge is -2.21. The topological polar surface area (TPSA) is 55.2 Å². The molecule has 0 bridgehead atoms. The average molecular weight is 434 g/mol. The summed E-state index contributed by atoms with van der Waals surface area (Å²) in [5.74, 6) is 1.17. The summed E-state index contributed by atoms with van der Waals surface area (Å²) in [5.41, 5.74) is 1.31. The molecule has 7 heteroatoms. The quantitative estimate of drug-likeness (QED) is 0.520. The first kappa shape index (κ1) is 20.9. The van der Waals surface area contributed by atoms with Crippen molar-refractivity contribution in [2.24, 2.45) is 11.8 Å². The minimum absolute atomic E-state index is 0.0825. The summed E-state index contributed by atoms with van der Waals surface area (Å²) in [6.45, 7) is 10.8. The number of carbonyl (C=O) groups is 1. The maximum Gasteiger partial charge on any atom is 0.263 e. The Bertz CT molecular complexity index is 973. The summed E-state index contributed by atoms with van der Waals surface area (Å²) in [4.78, 5) is 35.4. The van der Waals surface area contributed by atoms with Crippen LogP contribution in [0.5, 0.6) is 0 Å². The van der Waals surface area contributed by atoms with Crippen LogP contribution in [0, 0.1) is 11.8 Å².